The maximum atomic E-state index is 3.46. The van der Waals surface area contributed by atoms with Crippen LogP contribution in [-0.2, 0) is 0 Å². The molecule has 1 N–H and O–H groups in total. The topological polar surface area (TPSA) is 12.0 Å². The highest BCUT2D eigenvalue weighted by Crippen LogP contribution is 2.17. The second-order valence-electron chi connectivity index (χ2n) is 4.07. The number of hydrogen-bond donors (Lipinski definition) is 1. The number of rotatable bonds is 8. The Kier molecular flexibility index (Phi) is 7.15. The van der Waals surface area contributed by atoms with Gasteiger partial charge >= 0.3 is 0 Å². The van der Waals surface area contributed by atoms with Crippen molar-refractivity contribution in [2.45, 2.75) is 43.9 Å². The van der Waals surface area contributed by atoms with E-state index in [2.05, 4.69) is 42.8 Å². The normalized spacial score (nSPS) is 10.4. The van der Waals surface area contributed by atoms with Crippen molar-refractivity contribution in [1.29, 1.82) is 0 Å². The van der Waals surface area contributed by atoms with E-state index >= 15 is 0 Å². The molecule has 0 heterocycles. The first-order valence-electron chi connectivity index (χ1n) is 6.24. The van der Waals surface area contributed by atoms with E-state index in [9.17, 15) is 0 Å². The zero-order valence-electron chi connectivity index (χ0n) is 10.5. The first kappa shape index (κ1) is 13.4. The molecule has 0 aliphatic rings. The summed E-state index contributed by atoms with van der Waals surface area (Å²) in [4.78, 5) is 1.33. The van der Waals surface area contributed by atoms with E-state index in [1.807, 2.05) is 0 Å². The van der Waals surface area contributed by atoms with E-state index in [0.717, 1.165) is 6.54 Å². The van der Waals surface area contributed by atoms with Crippen LogP contribution in [0, 0.1) is 0 Å². The van der Waals surface area contributed by atoms with Gasteiger partial charge in [-0.1, -0.05) is 32.6 Å². The summed E-state index contributed by atoms with van der Waals surface area (Å²) in [5.74, 6) is 0. The highest BCUT2D eigenvalue weighted by Gasteiger charge is 1.93. The van der Waals surface area contributed by atoms with Crippen molar-refractivity contribution in [3.05, 3.63) is 24.3 Å². The molecule has 0 bridgehead atoms. The molecule has 0 saturated carbocycles. The minimum atomic E-state index is 1.10. The summed E-state index contributed by atoms with van der Waals surface area (Å²) in [6, 6.07) is 8.67. The van der Waals surface area contributed by atoms with E-state index in [1.165, 1.54) is 42.7 Å². The summed E-state index contributed by atoms with van der Waals surface area (Å²) in [5.41, 5.74) is 1.24. The van der Waals surface area contributed by atoms with E-state index < -0.39 is 0 Å². The van der Waals surface area contributed by atoms with Crippen LogP contribution in [0.4, 0.5) is 5.69 Å². The molecule has 1 aromatic carbocycles. The lowest BCUT2D eigenvalue weighted by Crippen LogP contribution is -2.00. The van der Waals surface area contributed by atoms with Gasteiger partial charge < -0.3 is 5.32 Å². The third kappa shape index (κ3) is 5.45. The van der Waals surface area contributed by atoms with Crippen LogP contribution in [0.3, 0.4) is 0 Å². The van der Waals surface area contributed by atoms with Crippen LogP contribution in [0.1, 0.15) is 39.0 Å². The molecule has 0 aromatic heterocycles. The number of benzene rings is 1. The summed E-state index contributed by atoms with van der Waals surface area (Å²) < 4.78 is 0. The Morgan fingerprint density at radius 1 is 1.00 bits per heavy atom. The molecule has 0 spiro atoms. The first-order chi connectivity index (χ1) is 7.86. The quantitative estimate of drug-likeness (QED) is 0.515. The van der Waals surface area contributed by atoms with Crippen molar-refractivity contribution in [3.8, 4) is 0 Å². The van der Waals surface area contributed by atoms with Crippen molar-refractivity contribution in [3.63, 3.8) is 0 Å². The fourth-order valence-corrected chi connectivity index (χ4v) is 2.08. The van der Waals surface area contributed by atoms with Crippen molar-refractivity contribution in [2.75, 3.05) is 18.1 Å². The van der Waals surface area contributed by atoms with Crippen molar-refractivity contribution < 1.29 is 0 Å². The number of hydrogen-bond acceptors (Lipinski definition) is 2. The zero-order chi connectivity index (χ0) is 11.6. The van der Waals surface area contributed by atoms with Gasteiger partial charge in [-0.2, -0.15) is 0 Å². The Hall–Kier alpha value is -0.630. The molecular formula is C14H23NS. The zero-order valence-corrected chi connectivity index (χ0v) is 11.3. The van der Waals surface area contributed by atoms with Crippen LogP contribution in [0.25, 0.3) is 0 Å². The SMILES string of the molecule is CCCCCCCNc1ccc(SC)cc1. The Morgan fingerprint density at radius 3 is 2.31 bits per heavy atom. The van der Waals surface area contributed by atoms with Gasteiger partial charge in [0, 0.05) is 17.1 Å². The maximum absolute atomic E-state index is 3.46. The van der Waals surface area contributed by atoms with E-state index in [0.29, 0.717) is 0 Å². The lowest BCUT2D eigenvalue weighted by atomic mass is 10.1. The molecule has 1 nitrogen and oxygen atoms in total. The monoisotopic (exact) mass is 237 g/mol. The van der Waals surface area contributed by atoms with Crippen LogP contribution in [-0.4, -0.2) is 12.8 Å². The predicted molar refractivity (Wildman–Crippen MR) is 75.5 cm³/mol. The molecule has 16 heavy (non-hydrogen) atoms. The van der Waals surface area contributed by atoms with E-state index in [1.54, 1.807) is 11.8 Å². The van der Waals surface area contributed by atoms with E-state index in [-0.39, 0.29) is 0 Å². The minimum Gasteiger partial charge on any atom is -0.385 e. The third-order valence-electron chi connectivity index (χ3n) is 2.70. The van der Waals surface area contributed by atoms with Gasteiger partial charge in [-0.3, -0.25) is 0 Å². The fourth-order valence-electron chi connectivity index (χ4n) is 1.67. The highest BCUT2D eigenvalue weighted by molar-refractivity contribution is 7.98. The molecule has 0 radical (unpaired) electrons. The van der Waals surface area contributed by atoms with Gasteiger partial charge in [-0.25, -0.2) is 0 Å². The summed E-state index contributed by atoms with van der Waals surface area (Å²) in [6.07, 6.45) is 8.82. The first-order valence-corrected chi connectivity index (χ1v) is 7.47. The van der Waals surface area contributed by atoms with Crippen molar-refractivity contribution in [1.82, 2.24) is 0 Å². The molecule has 0 saturated heterocycles. The fraction of sp³-hybridized carbons (Fsp3) is 0.571. The Morgan fingerprint density at radius 2 is 1.69 bits per heavy atom. The molecule has 0 aliphatic heterocycles. The second-order valence-corrected chi connectivity index (χ2v) is 4.95. The predicted octanol–water partition coefficient (Wildman–Crippen LogP) is 4.79. The van der Waals surface area contributed by atoms with Crippen LogP contribution in [0.2, 0.25) is 0 Å². The Balaban J connectivity index is 2.12. The minimum absolute atomic E-state index is 1.10. The van der Waals surface area contributed by atoms with Crippen molar-refractivity contribution >= 4 is 17.4 Å². The van der Waals surface area contributed by atoms with E-state index in [4.69, 9.17) is 0 Å². The molecule has 0 fully saturated rings. The van der Waals surface area contributed by atoms with Crippen molar-refractivity contribution in [2.24, 2.45) is 0 Å². The maximum Gasteiger partial charge on any atom is 0.0340 e. The molecule has 1 rings (SSSR count). The van der Waals surface area contributed by atoms with Gasteiger partial charge in [-0.15, -0.1) is 11.8 Å². The lowest BCUT2D eigenvalue weighted by molar-refractivity contribution is 0.645. The van der Waals surface area contributed by atoms with Gasteiger partial charge in [-0.05, 0) is 36.9 Å². The summed E-state index contributed by atoms with van der Waals surface area (Å²) in [5, 5.41) is 3.46. The molecule has 0 unspecified atom stereocenters. The van der Waals surface area contributed by atoms with Crippen LogP contribution < -0.4 is 5.32 Å². The standard InChI is InChI=1S/C14H23NS/c1-3-4-5-6-7-12-15-13-8-10-14(16-2)11-9-13/h8-11,15H,3-7,12H2,1-2H3. The highest BCUT2D eigenvalue weighted by atomic mass is 32.2. The molecule has 0 amide bonds. The Labute approximate surface area is 104 Å². The summed E-state index contributed by atoms with van der Waals surface area (Å²) >= 11 is 1.79. The van der Waals surface area contributed by atoms with Gasteiger partial charge in [0.1, 0.15) is 0 Å². The summed E-state index contributed by atoms with van der Waals surface area (Å²) in [6.45, 7) is 3.36. The lowest BCUT2D eigenvalue weighted by Gasteiger charge is -2.06. The molecule has 90 valence electrons. The Bertz CT molecular complexity index is 269. The van der Waals surface area contributed by atoms with Gasteiger partial charge in [0.2, 0.25) is 0 Å². The number of nitrogens with one attached hydrogen (secondary N) is 1. The molecular weight excluding hydrogens is 214 g/mol. The smallest absolute Gasteiger partial charge is 0.0340 e. The largest absolute Gasteiger partial charge is 0.385 e. The number of thioether (sulfide) groups is 1. The van der Waals surface area contributed by atoms with Gasteiger partial charge in [0.15, 0.2) is 0 Å². The second kappa shape index (κ2) is 8.51. The van der Waals surface area contributed by atoms with Crippen LogP contribution in [0.5, 0.6) is 0 Å². The molecule has 2 heteroatoms. The van der Waals surface area contributed by atoms with Crippen LogP contribution >= 0.6 is 11.8 Å². The average molecular weight is 237 g/mol. The van der Waals surface area contributed by atoms with Gasteiger partial charge in [0.25, 0.3) is 0 Å². The molecule has 0 aliphatic carbocycles. The number of unbranched alkanes of at least 4 members (excludes halogenated alkanes) is 4. The average Bonchev–Trinajstić information content (AvgIpc) is 2.34. The molecule has 1 aromatic rings. The third-order valence-corrected chi connectivity index (χ3v) is 3.44. The molecule has 0 atom stereocenters. The summed E-state index contributed by atoms with van der Waals surface area (Å²) in [7, 11) is 0. The van der Waals surface area contributed by atoms with Crippen LogP contribution in [0.15, 0.2) is 29.2 Å². The van der Waals surface area contributed by atoms with Gasteiger partial charge in [0.05, 0.1) is 0 Å². The number of anilines is 1.